The maximum atomic E-state index is 6.18. The number of hydrogen-bond donors (Lipinski definition) is 1. The van der Waals surface area contributed by atoms with E-state index in [1.165, 1.54) is 0 Å². The number of aromatic nitrogens is 1. The predicted octanol–water partition coefficient (Wildman–Crippen LogP) is 3.49. The number of nitrogens with zero attached hydrogens (tertiary/aromatic N) is 1. The molecule has 1 heterocycles. The second kappa shape index (κ2) is 5.55. The van der Waals surface area contributed by atoms with Crippen LogP contribution in [0.15, 0.2) is 24.9 Å². The Bertz CT molecular complexity index is 487. The Balaban J connectivity index is 3.47. The van der Waals surface area contributed by atoms with Gasteiger partial charge in [-0.25, -0.2) is 4.98 Å². The van der Waals surface area contributed by atoms with Gasteiger partial charge in [-0.1, -0.05) is 24.3 Å². The molecule has 3 nitrogen and oxygen atoms in total. The number of nitrogens with two attached hydrogens (primary N) is 1. The fourth-order valence-electron chi connectivity index (χ4n) is 1.86. The van der Waals surface area contributed by atoms with Crippen molar-refractivity contribution in [3.8, 4) is 0 Å². The van der Waals surface area contributed by atoms with Crippen LogP contribution in [0.3, 0.4) is 0 Å². The van der Waals surface area contributed by atoms with Gasteiger partial charge in [-0.15, -0.1) is 0 Å². The molecule has 98 valence electrons. The highest BCUT2D eigenvalue weighted by atomic mass is 35.5. The van der Waals surface area contributed by atoms with E-state index in [1.54, 1.807) is 19.4 Å². The van der Waals surface area contributed by atoms with Gasteiger partial charge in [-0.3, -0.25) is 0 Å². The Morgan fingerprint density at radius 3 is 2.56 bits per heavy atom. The first-order chi connectivity index (χ1) is 8.31. The normalized spacial score (nSPS) is 12.4. The highest BCUT2D eigenvalue weighted by Crippen LogP contribution is 2.32. The lowest BCUT2D eigenvalue weighted by molar-refractivity contribution is 0.371. The van der Waals surface area contributed by atoms with Gasteiger partial charge in [0, 0.05) is 17.3 Å². The largest absolute Gasteiger partial charge is 0.497 e. The summed E-state index contributed by atoms with van der Waals surface area (Å²) >= 11 is 5.97. The van der Waals surface area contributed by atoms with Crippen LogP contribution in [-0.2, 0) is 4.74 Å². The number of allylic oxidation sites excluding steroid dienone is 1. The van der Waals surface area contributed by atoms with Gasteiger partial charge in [0.25, 0.3) is 0 Å². The molecule has 1 aromatic heterocycles. The lowest BCUT2D eigenvalue weighted by Gasteiger charge is -2.25. The van der Waals surface area contributed by atoms with Gasteiger partial charge in [-0.2, -0.15) is 0 Å². The van der Waals surface area contributed by atoms with E-state index in [0.717, 1.165) is 16.7 Å². The molecule has 0 aliphatic carbocycles. The van der Waals surface area contributed by atoms with Crippen molar-refractivity contribution in [1.29, 1.82) is 0 Å². The van der Waals surface area contributed by atoms with Crippen LogP contribution in [0, 0.1) is 0 Å². The summed E-state index contributed by atoms with van der Waals surface area (Å²) in [4.78, 5) is 4.06. The van der Waals surface area contributed by atoms with Crippen LogP contribution >= 0.6 is 11.6 Å². The smallest absolute Gasteiger partial charge is 0.129 e. The summed E-state index contributed by atoms with van der Waals surface area (Å²) < 4.78 is 5.18. The maximum absolute atomic E-state index is 6.18. The summed E-state index contributed by atoms with van der Waals surface area (Å²) in [6.45, 7) is 9.68. The average Bonchev–Trinajstić information content (AvgIpc) is 2.27. The van der Waals surface area contributed by atoms with E-state index in [1.807, 2.05) is 26.8 Å². The SMILES string of the molecule is C=C(OC)c1cnc(Cl)cc1/C(=C\C)C(C)(C)N. The third-order valence-electron chi connectivity index (χ3n) is 2.69. The fourth-order valence-corrected chi connectivity index (χ4v) is 2.02. The molecular weight excluding hydrogens is 248 g/mol. The predicted molar refractivity (Wildman–Crippen MR) is 77.2 cm³/mol. The van der Waals surface area contributed by atoms with Crippen molar-refractivity contribution in [3.05, 3.63) is 41.2 Å². The molecule has 0 amide bonds. The minimum absolute atomic E-state index is 0.418. The Morgan fingerprint density at radius 2 is 2.11 bits per heavy atom. The van der Waals surface area contributed by atoms with Gasteiger partial charge in [0.2, 0.25) is 0 Å². The van der Waals surface area contributed by atoms with Crippen molar-refractivity contribution in [2.24, 2.45) is 5.73 Å². The Kier molecular flexibility index (Phi) is 4.54. The van der Waals surface area contributed by atoms with Gasteiger partial charge in [0.15, 0.2) is 0 Å². The zero-order chi connectivity index (χ0) is 13.9. The quantitative estimate of drug-likeness (QED) is 0.670. The molecule has 1 aromatic rings. The first kappa shape index (κ1) is 14.7. The molecule has 0 saturated heterocycles. The number of halogens is 1. The van der Waals surface area contributed by atoms with E-state index in [2.05, 4.69) is 11.6 Å². The van der Waals surface area contributed by atoms with E-state index in [0.29, 0.717) is 10.9 Å². The molecule has 0 spiro atoms. The van der Waals surface area contributed by atoms with Crippen LogP contribution in [0.2, 0.25) is 5.15 Å². The minimum Gasteiger partial charge on any atom is -0.497 e. The molecule has 0 fully saturated rings. The van der Waals surface area contributed by atoms with E-state index in [-0.39, 0.29) is 0 Å². The molecule has 0 saturated carbocycles. The van der Waals surface area contributed by atoms with Gasteiger partial charge in [-0.05, 0) is 38.0 Å². The topological polar surface area (TPSA) is 48.1 Å². The number of methoxy groups -OCH3 is 1. The standard InChI is InChI=1S/C14H19ClN2O/c1-6-12(14(3,4)16)10-7-13(15)17-8-11(10)9(2)18-5/h6-8H,2,16H2,1,3-5H3/b12-6+. The molecule has 4 heteroatoms. The van der Waals surface area contributed by atoms with Crippen molar-refractivity contribution >= 4 is 22.9 Å². The van der Waals surface area contributed by atoms with Gasteiger partial charge >= 0.3 is 0 Å². The van der Waals surface area contributed by atoms with Crippen LogP contribution in [0.25, 0.3) is 11.3 Å². The highest BCUT2D eigenvalue weighted by Gasteiger charge is 2.22. The summed E-state index contributed by atoms with van der Waals surface area (Å²) in [7, 11) is 1.57. The number of hydrogen-bond acceptors (Lipinski definition) is 3. The minimum atomic E-state index is -0.484. The van der Waals surface area contributed by atoms with E-state index in [4.69, 9.17) is 22.1 Å². The average molecular weight is 267 g/mol. The second-order valence-corrected chi connectivity index (χ2v) is 4.99. The molecule has 1 rings (SSSR count). The number of rotatable bonds is 4. The molecule has 0 bridgehead atoms. The third-order valence-corrected chi connectivity index (χ3v) is 2.90. The van der Waals surface area contributed by atoms with Crippen LogP contribution in [-0.4, -0.2) is 17.6 Å². The van der Waals surface area contributed by atoms with Crippen molar-refractivity contribution < 1.29 is 4.74 Å². The zero-order valence-corrected chi connectivity index (χ0v) is 12.0. The molecule has 0 aromatic carbocycles. The first-order valence-corrected chi connectivity index (χ1v) is 6.04. The van der Waals surface area contributed by atoms with Crippen LogP contribution in [0.5, 0.6) is 0 Å². The number of pyridine rings is 1. The second-order valence-electron chi connectivity index (χ2n) is 4.60. The van der Waals surface area contributed by atoms with Gasteiger partial charge in [0.05, 0.1) is 7.11 Å². The molecule has 0 aliphatic heterocycles. The van der Waals surface area contributed by atoms with Crippen molar-refractivity contribution in [2.75, 3.05) is 7.11 Å². The lowest BCUT2D eigenvalue weighted by atomic mass is 9.87. The number of ether oxygens (including phenoxy) is 1. The highest BCUT2D eigenvalue weighted by molar-refractivity contribution is 6.29. The van der Waals surface area contributed by atoms with E-state index < -0.39 is 5.54 Å². The summed E-state index contributed by atoms with van der Waals surface area (Å²) in [5, 5.41) is 0.418. The van der Waals surface area contributed by atoms with Crippen molar-refractivity contribution in [3.63, 3.8) is 0 Å². The fraction of sp³-hybridized carbons (Fsp3) is 0.357. The van der Waals surface area contributed by atoms with Gasteiger partial charge < -0.3 is 10.5 Å². The monoisotopic (exact) mass is 266 g/mol. The van der Waals surface area contributed by atoms with Crippen LogP contribution in [0.4, 0.5) is 0 Å². The first-order valence-electron chi connectivity index (χ1n) is 5.66. The molecule has 0 aliphatic rings. The molecule has 0 unspecified atom stereocenters. The Morgan fingerprint density at radius 1 is 1.50 bits per heavy atom. The maximum Gasteiger partial charge on any atom is 0.129 e. The summed E-state index contributed by atoms with van der Waals surface area (Å²) in [5.74, 6) is 0.540. The molecule has 0 radical (unpaired) electrons. The van der Waals surface area contributed by atoms with Crippen LogP contribution in [0.1, 0.15) is 31.9 Å². The summed E-state index contributed by atoms with van der Waals surface area (Å²) in [6, 6.07) is 1.78. The van der Waals surface area contributed by atoms with Crippen LogP contribution < -0.4 is 5.73 Å². The van der Waals surface area contributed by atoms with Gasteiger partial charge in [0.1, 0.15) is 10.9 Å². The van der Waals surface area contributed by atoms with E-state index in [9.17, 15) is 0 Å². The van der Waals surface area contributed by atoms with Crippen molar-refractivity contribution in [2.45, 2.75) is 26.3 Å². The van der Waals surface area contributed by atoms with Crippen molar-refractivity contribution in [1.82, 2.24) is 4.98 Å². The zero-order valence-electron chi connectivity index (χ0n) is 11.2. The Labute approximate surface area is 113 Å². The molecule has 2 N–H and O–H groups in total. The Hall–Kier alpha value is -1.32. The molecule has 0 atom stereocenters. The molecule has 18 heavy (non-hydrogen) atoms. The lowest BCUT2D eigenvalue weighted by Crippen LogP contribution is -2.33. The summed E-state index contributed by atoms with van der Waals surface area (Å²) in [5.41, 5.74) is 8.37. The molecular formula is C14H19ClN2O. The summed E-state index contributed by atoms with van der Waals surface area (Å²) in [6.07, 6.45) is 3.62. The van der Waals surface area contributed by atoms with E-state index >= 15 is 0 Å². The third kappa shape index (κ3) is 3.12.